The van der Waals surface area contributed by atoms with Gasteiger partial charge in [-0.1, -0.05) is 6.07 Å². The molecule has 0 amide bonds. The Balaban J connectivity index is 2.58. The van der Waals surface area contributed by atoms with Crippen molar-refractivity contribution in [2.24, 2.45) is 0 Å². The van der Waals surface area contributed by atoms with E-state index in [1.165, 1.54) is 0 Å². The van der Waals surface area contributed by atoms with E-state index in [0.717, 1.165) is 28.1 Å². The third kappa shape index (κ3) is 2.88. The summed E-state index contributed by atoms with van der Waals surface area (Å²) in [5.41, 5.74) is 5.57. The summed E-state index contributed by atoms with van der Waals surface area (Å²) >= 11 is 0. The van der Waals surface area contributed by atoms with Gasteiger partial charge in [0.25, 0.3) is 0 Å². The summed E-state index contributed by atoms with van der Waals surface area (Å²) < 4.78 is 14.4. The van der Waals surface area contributed by atoms with Crippen LogP contribution in [0.2, 0.25) is 0 Å². The van der Waals surface area contributed by atoms with Gasteiger partial charge in [0.15, 0.2) is 0 Å². The van der Waals surface area contributed by atoms with E-state index in [1.807, 2.05) is 52.9 Å². The van der Waals surface area contributed by atoms with Gasteiger partial charge in [0.05, 0.1) is 6.04 Å². The van der Waals surface area contributed by atoms with Gasteiger partial charge in [-0.2, -0.15) is 0 Å². The quantitative estimate of drug-likeness (QED) is 0.920. The number of pyridine rings is 1. The fraction of sp³-hybridized carbons (Fsp3) is 0.353. The van der Waals surface area contributed by atoms with Crippen LogP contribution in [0.1, 0.15) is 39.7 Å². The molecule has 1 aromatic heterocycles. The summed E-state index contributed by atoms with van der Waals surface area (Å²) in [7, 11) is 1.86. The number of nitrogens with one attached hydrogen (secondary N) is 1. The molecule has 0 radical (unpaired) electrons. The Labute approximate surface area is 120 Å². The van der Waals surface area contributed by atoms with E-state index >= 15 is 0 Å². The van der Waals surface area contributed by atoms with Crippen molar-refractivity contribution in [1.82, 2.24) is 10.3 Å². The zero-order valence-corrected chi connectivity index (χ0v) is 12.7. The number of halogens is 1. The number of rotatable bonds is 3. The molecule has 1 aromatic carbocycles. The molecule has 1 heterocycles. The molecule has 0 aliphatic rings. The largest absolute Gasteiger partial charge is 0.309 e. The lowest BCUT2D eigenvalue weighted by atomic mass is 9.93. The van der Waals surface area contributed by atoms with Crippen LogP contribution < -0.4 is 5.32 Å². The molecule has 0 spiro atoms. The average Bonchev–Trinajstić information content (AvgIpc) is 2.32. The number of aromatic nitrogens is 1. The molecule has 20 heavy (non-hydrogen) atoms. The minimum absolute atomic E-state index is 0.156. The molecule has 0 saturated carbocycles. The molecule has 0 bridgehead atoms. The molecule has 106 valence electrons. The second kappa shape index (κ2) is 5.71. The Hall–Kier alpha value is -1.74. The Morgan fingerprint density at radius 2 is 1.60 bits per heavy atom. The van der Waals surface area contributed by atoms with Crippen molar-refractivity contribution in [2.75, 3.05) is 7.05 Å². The summed E-state index contributed by atoms with van der Waals surface area (Å²) in [5.74, 6) is -0.158. The van der Waals surface area contributed by atoms with E-state index in [4.69, 9.17) is 0 Å². The molecule has 1 unspecified atom stereocenters. The van der Waals surface area contributed by atoms with Crippen LogP contribution in [0.25, 0.3) is 0 Å². The minimum atomic E-state index is -0.158. The van der Waals surface area contributed by atoms with Gasteiger partial charge in [-0.3, -0.25) is 4.98 Å². The summed E-state index contributed by atoms with van der Waals surface area (Å²) in [6.45, 7) is 7.79. The zero-order valence-electron chi connectivity index (χ0n) is 12.7. The van der Waals surface area contributed by atoms with Crippen molar-refractivity contribution in [3.05, 3.63) is 63.7 Å². The number of nitrogens with zero attached hydrogens (tertiary/aromatic N) is 1. The van der Waals surface area contributed by atoms with Gasteiger partial charge in [0.2, 0.25) is 0 Å². The van der Waals surface area contributed by atoms with E-state index in [1.54, 1.807) is 6.07 Å². The van der Waals surface area contributed by atoms with Gasteiger partial charge in [0, 0.05) is 17.0 Å². The van der Waals surface area contributed by atoms with E-state index in [-0.39, 0.29) is 11.9 Å². The van der Waals surface area contributed by atoms with Crippen molar-refractivity contribution >= 4 is 0 Å². The Kier molecular flexibility index (Phi) is 4.19. The van der Waals surface area contributed by atoms with Gasteiger partial charge < -0.3 is 5.32 Å². The first kappa shape index (κ1) is 14.7. The molecular weight excluding hydrogens is 251 g/mol. The van der Waals surface area contributed by atoms with Crippen LogP contribution in [0.4, 0.5) is 4.39 Å². The van der Waals surface area contributed by atoms with E-state index in [2.05, 4.69) is 10.3 Å². The smallest absolute Gasteiger partial charge is 0.128 e. The van der Waals surface area contributed by atoms with Crippen molar-refractivity contribution in [3.63, 3.8) is 0 Å². The van der Waals surface area contributed by atoms with Gasteiger partial charge in [-0.25, -0.2) is 4.39 Å². The Morgan fingerprint density at radius 1 is 1.00 bits per heavy atom. The molecule has 0 aliphatic heterocycles. The fourth-order valence-electron chi connectivity index (χ4n) is 2.80. The van der Waals surface area contributed by atoms with E-state index in [9.17, 15) is 4.39 Å². The van der Waals surface area contributed by atoms with Gasteiger partial charge in [0.1, 0.15) is 5.82 Å². The second-order valence-electron chi connectivity index (χ2n) is 5.38. The van der Waals surface area contributed by atoms with Crippen molar-refractivity contribution in [3.8, 4) is 0 Å². The van der Waals surface area contributed by atoms with Gasteiger partial charge in [-0.05, 0) is 69.6 Å². The molecule has 1 N–H and O–H groups in total. The molecule has 1 atom stereocenters. The predicted molar refractivity (Wildman–Crippen MR) is 80.5 cm³/mol. The average molecular weight is 272 g/mol. The van der Waals surface area contributed by atoms with Crippen molar-refractivity contribution in [2.45, 2.75) is 33.7 Å². The molecule has 2 aromatic rings. The highest BCUT2D eigenvalue weighted by Gasteiger charge is 2.19. The highest BCUT2D eigenvalue weighted by Crippen LogP contribution is 2.28. The normalized spacial score (nSPS) is 12.5. The molecule has 0 saturated heterocycles. The first-order chi connectivity index (χ1) is 9.42. The molecule has 0 aliphatic carbocycles. The maximum atomic E-state index is 14.4. The SMILES string of the molecule is CNC(c1cc(C)nc(C)c1)c1c(C)cc(C)cc1F. The minimum Gasteiger partial charge on any atom is -0.309 e. The van der Waals surface area contributed by atoms with E-state index in [0.29, 0.717) is 5.56 Å². The fourth-order valence-corrected chi connectivity index (χ4v) is 2.80. The third-order valence-corrected chi connectivity index (χ3v) is 3.50. The lowest BCUT2D eigenvalue weighted by Crippen LogP contribution is -2.20. The van der Waals surface area contributed by atoms with Crippen LogP contribution in [0, 0.1) is 33.5 Å². The second-order valence-corrected chi connectivity index (χ2v) is 5.38. The van der Waals surface area contributed by atoms with Crippen LogP contribution >= 0.6 is 0 Å². The molecule has 2 nitrogen and oxygen atoms in total. The van der Waals surface area contributed by atoms with Gasteiger partial charge >= 0.3 is 0 Å². The van der Waals surface area contributed by atoms with Crippen LogP contribution in [0.3, 0.4) is 0 Å². The van der Waals surface area contributed by atoms with Crippen molar-refractivity contribution in [1.29, 1.82) is 0 Å². The molecule has 3 heteroatoms. The predicted octanol–water partition coefficient (Wildman–Crippen LogP) is 3.76. The number of benzene rings is 1. The van der Waals surface area contributed by atoms with Crippen LogP contribution in [-0.4, -0.2) is 12.0 Å². The highest BCUT2D eigenvalue weighted by atomic mass is 19.1. The lowest BCUT2D eigenvalue weighted by Gasteiger charge is -2.21. The van der Waals surface area contributed by atoms with Crippen LogP contribution in [-0.2, 0) is 0 Å². The first-order valence-electron chi connectivity index (χ1n) is 6.81. The monoisotopic (exact) mass is 272 g/mol. The first-order valence-corrected chi connectivity index (χ1v) is 6.81. The maximum Gasteiger partial charge on any atom is 0.128 e. The number of hydrogen-bond acceptors (Lipinski definition) is 2. The maximum absolute atomic E-state index is 14.4. The Morgan fingerprint density at radius 3 is 2.10 bits per heavy atom. The molecule has 2 rings (SSSR count). The third-order valence-electron chi connectivity index (χ3n) is 3.50. The summed E-state index contributed by atoms with van der Waals surface area (Å²) in [6.07, 6.45) is 0. The van der Waals surface area contributed by atoms with Crippen LogP contribution in [0.15, 0.2) is 24.3 Å². The van der Waals surface area contributed by atoms with Crippen LogP contribution in [0.5, 0.6) is 0 Å². The van der Waals surface area contributed by atoms with Gasteiger partial charge in [-0.15, -0.1) is 0 Å². The zero-order chi connectivity index (χ0) is 14.9. The molecular formula is C17H21FN2. The summed E-state index contributed by atoms with van der Waals surface area (Å²) in [6, 6.07) is 7.47. The highest BCUT2D eigenvalue weighted by molar-refractivity contribution is 5.40. The number of aryl methyl sites for hydroxylation is 4. The van der Waals surface area contributed by atoms with Crippen molar-refractivity contribution < 1.29 is 4.39 Å². The Bertz CT molecular complexity index is 592. The lowest BCUT2D eigenvalue weighted by molar-refractivity contribution is 0.571. The topological polar surface area (TPSA) is 24.9 Å². The summed E-state index contributed by atoms with van der Waals surface area (Å²) in [5, 5.41) is 3.22. The summed E-state index contributed by atoms with van der Waals surface area (Å²) in [4.78, 5) is 4.38. The van der Waals surface area contributed by atoms with E-state index < -0.39 is 0 Å². The number of hydrogen-bond donors (Lipinski definition) is 1. The standard InChI is InChI=1S/C17H21FN2/c1-10-6-11(2)16(15(18)7-10)17(19-5)14-8-12(3)20-13(4)9-14/h6-9,17,19H,1-5H3. The molecule has 0 fully saturated rings.